The van der Waals surface area contributed by atoms with Crippen molar-refractivity contribution in [2.75, 3.05) is 13.1 Å². The van der Waals surface area contributed by atoms with E-state index in [9.17, 15) is 0 Å². The van der Waals surface area contributed by atoms with Gasteiger partial charge in [-0.1, -0.05) is 12.8 Å². The molecule has 0 aromatic heterocycles. The van der Waals surface area contributed by atoms with Gasteiger partial charge in [0.1, 0.15) is 0 Å². The second-order valence-corrected chi connectivity index (χ2v) is 7.53. The third-order valence-electron chi connectivity index (χ3n) is 5.73. The Morgan fingerprint density at radius 2 is 1.58 bits per heavy atom. The number of nitrogens with zero attached hydrogens (tertiary/aromatic N) is 1. The highest BCUT2D eigenvalue weighted by molar-refractivity contribution is 4.90. The summed E-state index contributed by atoms with van der Waals surface area (Å²) in [5.41, 5.74) is 0. The van der Waals surface area contributed by atoms with Crippen molar-refractivity contribution in [2.24, 2.45) is 11.8 Å². The van der Waals surface area contributed by atoms with E-state index in [1.165, 1.54) is 64.5 Å². The molecule has 1 saturated heterocycles. The van der Waals surface area contributed by atoms with Gasteiger partial charge in [-0.2, -0.15) is 0 Å². The van der Waals surface area contributed by atoms with Crippen LogP contribution in [0.15, 0.2) is 0 Å². The van der Waals surface area contributed by atoms with Crippen LogP contribution in [0.2, 0.25) is 0 Å². The zero-order chi connectivity index (χ0) is 13.2. The van der Waals surface area contributed by atoms with Gasteiger partial charge in [0.2, 0.25) is 0 Å². The van der Waals surface area contributed by atoms with Gasteiger partial charge in [-0.15, -0.1) is 0 Å². The highest BCUT2D eigenvalue weighted by Crippen LogP contribution is 2.44. The molecular formula is C17H32N2. The van der Waals surface area contributed by atoms with E-state index in [4.69, 9.17) is 0 Å². The molecule has 0 spiro atoms. The molecule has 2 aliphatic carbocycles. The van der Waals surface area contributed by atoms with Gasteiger partial charge in [0, 0.05) is 18.1 Å². The molecule has 2 saturated carbocycles. The highest BCUT2D eigenvalue weighted by Gasteiger charge is 2.35. The van der Waals surface area contributed by atoms with Crippen molar-refractivity contribution in [3.05, 3.63) is 0 Å². The van der Waals surface area contributed by atoms with Crippen LogP contribution in [-0.2, 0) is 0 Å². The number of rotatable bonds is 4. The second-order valence-electron chi connectivity index (χ2n) is 7.53. The van der Waals surface area contributed by atoms with Crippen LogP contribution in [0.1, 0.15) is 65.2 Å². The fourth-order valence-electron chi connectivity index (χ4n) is 4.29. The summed E-state index contributed by atoms with van der Waals surface area (Å²) in [5.74, 6) is 2.19. The summed E-state index contributed by atoms with van der Waals surface area (Å²) in [4.78, 5) is 2.63. The van der Waals surface area contributed by atoms with Crippen molar-refractivity contribution in [3.8, 4) is 0 Å². The summed E-state index contributed by atoms with van der Waals surface area (Å²) in [6, 6.07) is 2.38. The maximum Gasteiger partial charge on any atom is 0.00940 e. The summed E-state index contributed by atoms with van der Waals surface area (Å²) in [7, 11) is 0. The van der Waals surface area contributed by atoms with Gasteiger partial charge in [-0.05, 0) is 77.3 Å². The predicted molar refractivity (Wildman–Crippen MR) is 81.3 cm³/mol. The lowest BCUT2D eigenvalue weighted by molar-refractivity contribution is 0.146. The maximum absolute atomic E-state index is 4.00. The summed E-state index contributed by atoms with van der Waals surface area (Å²) >= 11 is 0. The Bertz CT molecular complexity index is 277. The van der Waals surface area contributed by atoms with Crippen molar-refractivity contribution in [1.82, 2.24) is 10.2 Å². The molecule has 2 atom stereocenters. The largest absolute Gasteiger partial charge is 0.311 e. The quantitative estimate of drug-likeness (QED) is 0.837. The van der Waals surface area contributed by atoms with Gasteiger partial charge >= 0.3 is 0 Å². The van der Waals surface area contributed by atoms with Gasteiger partial charge < -0.3 is 10.2 Å². The number of hydrogen-bond acceptors (Lipinski definition) is 2. The highest BCUT2D eigenvalue weighted by atomic mass is 15.2. The van der Waals surface area contributed by atoms with Crippen molar-refractivity contribution in [1.29, 1.82) is 0 Å². The predicted octanol–water partition coefficient (Wildman–Crippen LogP) is 3.42. The van der Waals surface area contributed by atoms with Gasteiger partial charge in [-0.3, -0.25) is 0 Å². The van der Waals surface area contributed by atoms with E-state index in [0.29, 0.717) is 0 Å². The van der Waals surface area contributed by atoms with Gasteiger partial charge in [0.25, 0.3) is 0 Å². The van der Waals surface area contributed by atoms with Gasteiger partial charge in [0.05, 0.1) is 0 Å². The molecule has 19 heavy (non-hydrogen) atoms. The number of piperidine rings is 1. The number of likely N-dealkylation sites (tertiary alicyclic amines) is 1. The standard InChI is InChI=1S/C17H32N2/c1-13(2)19-10-8-16(9-11-19)18-17-5-3-4-15(12-17)14-6-7-14/h13-18H,3-12H2,1-2H3. The van der Waals surface area contributed by atoms with E-state index in [0.717, 1.165) is 30.0 Å². The smallest absolute Gasteiger partial charge is 0.00940 e. The molecule has 1 aliphatic heterocycles. The first-order chi connectivity index (χ1) is 9.22. The Labute approximate surface area is 119 Å². The van der Waals surface area contributed by atoms with Crippen LogP contribution in [0.4, 0.5) is 0 Å². The van der Waals surface area contributed by atoms with E-state index in [2.05, 4.69) is 24.1 Å². The minimum Gasteiger partial charge on any atom is -0.311 e. The van der Waals surface area contributed by atoms with Crippen LogP contribution >= 0.6 is 0 Å². The van der Waals surface area contributed by atoms with Crippen LogP contribution in [0, 0.1) is 11.8 Å². The van der Waals surface area contributed by atoms with Crippen molar-refractivity contribution in [2.45, 2.75) is 83.3 Å². The lowest BCUT2D eigenvalue weighted by Crippen LogP contribution is -2.48. The molecule has 0 bridgehead atoms. The second kappa shape index (κ2) is 6.13. The molecule has 0 aromatic carbocycles. The third-order valence-corrected chi connectivity index (χ3v) is 5.73. The zero-order valence-corrected chi connectivity index (χ0v) is 12.9. The van der Waals surface area contributed by atoms with Crippen molar-refractivity contribution >= 4 is 0 Å². The van der Waals surface area contributed by atoms with Gasteiger partial charge in [0.15, 0.2) is 0 Å². The third kappa shape index (κ3) is 3.72. The fourth-order valence-corrected chi connectivity index (χ4v) is 4.29. The Hall–Kier alpha value is -0.0800. The van der Waals surface area contributed by atoms with Crippen LogP contribution < -0.4 is 5.32 Å². The minimum atomic E-state index is 0.731. The van der Waals surface area contributed by atoms with E-state index < -0.39 is 0 Å². The molecule has 1 N–H and O–H groups in total. The van der Waals surface area contributed by atoms with E-state index in [1.807, 2.05) is 0 Å². The normalized spacial score (nSPS) is 34.9. The minimum absolute atomic E-state index is 0.731. The summed E-state index contributed by atoms with van der Waals surface area (Å²) in [6.07, 6.45) is 11.7. The topological polar surface area (TPSA) is 15.3 Å². The molecule has 1 heterocycles. The Balaban J connectivity index is 1.41. The molecule has 3 rings (SSSR count). The molecule has 2 unspecified atom stereocenters. The monoisotopic (exact) mass is 264 g/mol. The first kappa shape index (κ1) is 13.9. The Morgan fingerprint density at radius 3 is 2.21 bits per heavy atom. The van der Waals surface area contributed by atoms with E-state index in [-0.39, 0.29) is 0 Å². The van der Waals surface area contributed by atoms with E-state index >= 15 is 0 Å². The van der Waals surface area contributed by atoms with Gasteiger partial charge in [-0.25, -0.2) is 0 Å². The zero-order valence-electron chi connectivity index (χ0n) is 12.9. The molecule has 2 heteroatoms. The summed E-state index contributed by atoms with van der Waals surface area (Å²) < 4.78 is 0. The van der Waals surface area contributed by atoms with E-state index in [1.54, 1.807) is 0 Å². The molecule has 0 radical (unpaired) electrons. The van der Waals surface area contributed by atoms with Crippen LogP contribution in [0.25, 0.3) is 0 Å². The summed E-state index contributed by atoms with van der Waals surface area (Å²) in [6.45, 7) is 7.26. The fraction of sp³-hybridized carbons (Fsp3) is 1.00. The molecule has 0 aromatic rings. The molecular weight excluding hydrogens is 232 g/mol. The SMILES string of the molecule is CC(C)N1CCC(NC2CCCC(C3CC3)C2)CC1. The van der Waals surface area contributed by atoms with Crippen molar-refractivity contribution in [3.63, 3.8) is 0 Å². The first-order valence-corrected chi connectivity index (χ1v) is 8.72. The maximum atomic E-state index is 4.00. The summed E-state index contributed by atoms with van der Waals surface area (Å²) in [5, 5.41) is 4.00. The number of hydrogen-bond donors (Lipinski definition) is 1. The molecule has 3 fully saturated rings. The molecule has 0 amide bonds. The van der Waals surface area contributed by atoms with Crippen LogP contribution in [0.5, 0.6) is 0 Å². The Morgan fingerprint density at radius 1 is 0.842 bits per heavy atom. The molecule has 110 valence electrons. The average Bonchev–Trinajstić information content (AvgIpc) is 3.24. The average molecular weight is 264 g/mol. The number of nitrogens with one attached hydrogen (secondary N) is 1. The van der Waals surface area contributed by atoms with Crippen LogP contribution in [-0.4, -0.2) is 36.1 Å². The first-order valence-electron chi connectivity index (χ1n) is 8.72. The van der Waals surface area contributed by atoms with Crippen LogP contribution in [0.3, 0.4) is 0 Å². The lowest BCUT2D eigenvalue weighted by atomic mass is 9.82. The molecule has 3 aliphatic rings. The Kier molecular flexibility index (Phi) is 4.48. The molecule has 2 nitrogen and oxygen atoms in total. The lowest BCUT2D eigenvalue weighted by Gasteiger charge is -2.38. The van der Waals surface area contributed by atoms with Crippen molar-refractivity contribution < 1.29 is 0 Å².